The van der Waals surface area contributed by atoms with Crippen molar-refractivity contribution in [2.24, 2.45) is 27.5 Å². The van der Waals surface area contributed by atoms with Gasteiger partial charge < -0.3 is 5.11 Å². The Morgan fingerprint density at radius 1 is 1.27 bits per heavy atom. The molecule has 0 amide bonds. The van der Waals surface area contributed by atoms with Crippen molar-refractivity contribution in [2.75, 3.05) is 12.4 Å². The molecule has 0 radical (unpaired) electrons. The van der Waals surface area contributed by atoms with Gasteiger partial charge in [-0.1, -0.05) is 57.0 Å². The standard InChI is InChI=1S/C22H33NO2S/c1-15(2)21(13-24)23-26(25,19-10-6-16(3)7-11-19)14-17-8-9-18-12-20(17)22(18,4)5/h6-8,10-11,15,18,20-21,24H,9,12-14H2,1-5H3/t18-,20-,21-,26+/m0/s1. The Morgan fingerprint density at radius 2 is 1.92 bits per heavy atom. The molecule has 1 aromatic carbocycles. The molecule has 1 saturated carbocycles. The summed E-state index contributed by atoms with van der Waals surface area (Å²) in [4.78, 5) is 0.794. The quantitative estimate of drug-likeness (QED) is 0.724. The van der Waals surface area contributed by atoms with Gasteiger partial charge >= 0.3 is 0 Å². The van der Waals surface area contributed by atoms with Crippen LogP contribution in [0.1, 0.15) is 46.1 Å². The number of hydrogen-bond acceptors (Lipinski definition) is 3. The van der Waals surface area contributed by atoms with Crippen molar-refractivity contribution in [3.63, 3.8) is 0 Å². The van der Waals surface area contributed by atoms with Crippen LogP contribution in [-0.4, -0.2) is 27.7 Å². The molecular formula is C22H33NO2S. The minimum atomic E-state index is -2.60. The first kappa shape index (κ1) is 19.6. The molecule has 4 heteroatoms. The molecule has 0 saturated heterocycles. The number of aryl methyl sites for hydroxylation is 1. The van der Waals surface area contributed by atoms with E-state index < -0.39 is 9.73 Å². The maximum Gasteiger partial charge on any atom is 0.0850 e. The molecular weight excluding hydrogens is 342 g/mol. The zero-order chi connectivity index (χ0) is 19.1. The molecule has 26 heavy (non-hydrogen) atoms. The molecule has 0 aromatic heterocycles. The van der Waals surface area contributed by atoms with Gasteiger partial charge in [0, 0.05) is 4.90 Å². The first-order valence-corrected chi connectivity index (χ1v) is 11.5. The zero-order valence-electron chi connectivity index (χ0n) is 16.7. The minimum absolute atomic E-state index is 0.0590. The molecule has 0 spiro atoms. The van der Waals surface area contributed by atoms with E-state index in [1.54, 1.807) is 0 Å². The second-order valence-electron chi connectivity index (χ2n) is 9.02. The molecule has 4 rings (SSSR count). The smallest absolute Gasteiger partial charge is 0.0850 e. The molecule has 4 atom stereocenters. The Hall–Kier alpha value is -1.13. The molecule has 1 aromatic rings. The van der Waals surface area contributed by atoms with Crippen LogP contribution < -0.4 is 0 Å². The van der Waals surface area contributed by atoms with Gasteiger partial charge in [-0.2, -0.15) is 0 Å². The fraction of sp³-hybridized carbons (Fsp3) is 0.636. The van der Waals surface area contributed by atoms with Crippen molar-refractivity contribution < 1.29 is 9.32 Å². The number of fused-ring (bicyclic) bond motifs is 1. The lowest BCUT2D eigenvalue weighted by atomic mass is 9.49. The van der Waals surface area contributed by atoms with Crippen LogP contribution in [0.15, 0.2) is 45.2 Å². The van der Waals surface area contributed by atoms with Gasteiger partial charge in [0.25, 0.3) is 0 Å². The summed E-state index contributed by atoms with van der Waals surface area (Å²) in [6, 6.07) is 7.62. The molecule has 0 unspecified atom stereocenters. The summed E-state index contributed by atoms with van der Waals surface area (Å²) in [5.74, 6) is 1.95. The van der Waals surface area contributed by atoms with Gasteiger partial charge in [-0.3, -0.25) is 0 Å². The van der Waals surface area contributed by atoms with Gasteiger partial charge in [-0.15, -0.1) is 0 Å². The Bertz CT molecular complexity index is 798. The molecule has 2 bridgehead atoms. The molecule has 3 aliphatic rings. The third kappa shape index (κ3) is 3.50. The first-order chi connectivity index (χ1) is 12.2. The summed E-state index contributed by atoms with van der Waals surface area (Å²) >= 11 is 0. The van der Waals surface area contributed by atoms with E-state index in [1.165, 1.54) is 12.0 Å². The highest BCUT2D eigenvalue weighted by Gasteiger charge is 2.51. The van der Waals surface area contributed by atoms with E-state index in [-0.39, 0.29) is 18.6 Å². The Morgan fingerprint density at radius 3 is 2.42 bits per heavy atom. The number of rotatable bonds is 6. The molecule has 144 valence electrons. The highest BCUT2D eigenvalue weighted by molar-refractivity contribution is 7.93. The predicted octanol–water partition coefficient (Wildman–Crippen LogP) is 4.83. The summed E-state index contributed by atoms with van der Waals surface area (Å²) in [5, 5.41) is 9.77. The summed E-state index contributed by atoms with van der Waals surface area (Å²) in [7, 11) is -2.60. The van der Waals surface area contributed by atoms with Gasteiger partial charge in [0.05, 0.1) is 28.1 Å². The van der Waals surface area contributed by atoms with Crippen LogP contribution >= 0.6 is 0 Å². The SMILES string of the molecule is Cc1ccc([S@](=O)(CC2=CC[C@H]3C[C@@H]2C3(C)C)=N[C@@H](CO)C(C)C)cc1. The summed E-state index contributed by atoms with van der Waals surface area (Å²) < 4.78 is 18.9. The molecule has 0 aliphatic heterocycles. The van der Waals surface area contributed by atoms with Gasteiger partial charge in [-0.25, -0.2) is 8.57 Å². The van der Waals surface area contributed by atoms with Crippen molar-refractivity contribution in [1.29, 1.82) is 0 Å². The van der Waals surface area contributed by atoms with Crippen molar-refractivity contribution in [2.45, 2.75) is 58.4 Å². The summed E-state index contributed by atoms with van der Waals surface area (Å²) in [6.07, 6.45) is 4.63. The fourth-order valence-electron chi connectivity index (χ4n) is 4.38. The van der Waals surface area contributed by atoms with Gasteiger partial charge in [0.2, 0.25) is 0 Å². The monoisotopic (exact) mass is 375 g/mol. The largest absolute Gasteiger partial charge is 0.394 e. The molecule has 3 nitrogen and oxygen atoms in total. The van der Waals surface area contributed by atoms with Crippen LogP contribution in [0, 0.1) is 30.1 Å². The lowest BCUT2D eigenvalue weighted by Crippen LogP contribution is -2.49. The average molecular weight is 376 g/mol. The average Bonchev–Trinajstić information content (AvgIpc) is 2.59. The number of aliphatic hydroxyl groups excluding tert-OH is 1. The van der Waals surface area contributed by atoms with Crippen LogP contribution in [-0.2, 0) is 9.73 Å². The summed E-state index contributed by atoms with van der Waals surface area (Å²) in [6.45, 7) is 10.7. The third-order valence-corrected chi connectivity index (χ3v) is 8.94. The summed E-state index contributed by atoms with van der Waals surface area (Å²) in [5.41, 5.74) is 2.77. The number of hydrogen-bond donors (Lipinski definition) is 1. The highest BCUT2D eigenvalue weighted by Crippen LogP contribution is 2.59. The molecule has 1 N–H and O–H groups in total. The first-order valence-electron chi connectivity index (χ1n) is 9.78. The zero-order valence-corrected chi connectivity index (χ0v) is 17.6. The van der Waals surface area contributed by atoms with Crippen LogP contribution in [0.2, 0.25) is 0 Å². The van der Waals surface area contributed by atoms with Crippen molar-refractivity contribution in [1.82, 2.24) is 0 Å². The van der Waals surface area contributed by atoms with Gasteiger partial charge in [0.1, 0.15) is 0 Å². The van der Waals surface area contributed by atoms with E-state index in [9.17, 15) is 9.32 Å². The van der Waals surface area contributed by atoms with Gasteiger partial charge in [0.15, 0.2) is 0 Å². The van der Waals surface area contributed by atoms with E-state index in [4.69, 9.17) is 4.36 Å². The number of nitrogens with zero attached hydrogens (tertiary/aromatic N) is 1. The fourth-order valence-corrected chi connectivity index (χ4v) is 6.83. The number of benzene rings is 1. The van der Waals surface area contributed by atoms with Gasteiger partial charge in [-0.05, 0) is 55.1 Å². The topological polar surface area (TPSA) is 49.7 Å². The maximum absolute atomic E-state index is 14.1. The van der Waals surface area contributed by atoms with Crippen molar-refractivity contribution in [3.05, 3.63) is 41.5 Å². The predicted molar refractivity (Wildman–Crippen MR) is 109 cm³/mol. The molecule has 3 aliphatic carbocycles. The van der Waals surface area contributed by atoms with E-state index >= 15 is 0 Å². The molecule has 0 heterocycles. The van der Waals surface area contributed by atoms with E-state index in [0.29, 0.717) is 17.1 Å². The van der Waals surface area contributed by atoms with Crippen molar-refractivity contribution in [3.8, 4) is 0 Å². The lowest BCUT2D eigenvalue weighted by Gasteiger charge is -2.56. The van der Waals surface area contributed by atoms with Crippen LogP contribution in [0.25, 0.3) is 0 Å². The second-order valence-corrected chi connectivity index (χ2v) is 11.3. The Balaban J connectivity index is 2.01. The van der Waals surface area contributed by atoms with Crippen molar-refractivity contribution >= 4 is 9.73 Å². The van der Waals surface area contributed by atoms with Crippen LogP contribution in [0.5, 0.6) is 0 Å². The lowest BCUT2D eigenvalue weighted by molar-refractivity contribution is -0.00546. The second kappa shape index (κ2) is 7.12. The van der Waals surface area contributed by atoms with Crippen LogP contribution in [0.3, 0.4) is 0 Å². The molecule has 1 fully saturated rings. The Labute approximate surface area is 159 Å². The van der Waals surface area contributed by atoms with E-state index in [2.05, 4.69) is 19.9 Å². The normalized spacial score (nSPS) is 27.3. The maximum atomic E-state index is 14.1. The number of allylic oxidation sites excluding steroid dienone is 1. The third-order valence-electron chi connectivity index (χ3n) is 6.60. The minimum Gasteiger partial charge on any atom is -0.394 e. The van der Waals surface area contributed by atoms with E-state index in [0.717, 1.165) is 22.8 Å². The van der Waals surface area contributed by atoms with Crippen LogP contribution in [0.4, 0.5) is 0 Å². The number of aliphatic hydroxyl groups is 1. The highest BCUT2D eigenvalue weighted by atomic mass is 32.2. The Kier molecular flexibility index (Phi) is 5.38. The van der Waals surface area contributed by atoms with E-state index in [1.807, 2.05) is 45.0 Å².